The molecule has 7 heteroatoms. The molecule has 0 aliphatic heterocycles. The van der Waals surface area contributed by atoms with Crippen molar-refractivity contribution in [1.29, 1.82) is 5.26 Å². The minimum absolute atomic E-state index is 0.306. The summed E-state index contributed by atoms with van der Waals surface area (Å²) in [7, 11) is 0. The number of nitrogens with zero attached hydrogens (tertiary/aromatic N) is 4. The van der Waals surface area contributed by atoms with Crippen molar-refractivity contribution in [3.05, 3.63) is 59.9 Å². The smallest absolute Gasteiger partial charge is 0.227 e. The first-order valence-electron chi connectivity index (χ1n) is 7.44. The second kappa shape index (κ2) is 7.33. The van der Waals surface area contributed by atoms with E-state index in [-0.39, 0.29) is 5.82 Å². The molecule has 0 amide bonds. The number of benzene rings is 1. The molecule has 0 saturated carbocycles. The van der Waals surface area contributed by atoms with Gasteiger partial charge in [-0.05, 0) is 42.8 Å². The predicted molar refractivity (Wildman–Crippen MR) is 85.5 cm³/mol. The summed E-state index contributed by atoms with van der Waals surface area (Å²) in [6, 6.07) is 11.4. The highest BCUT2D eigenvalue weighted by Crippen LogP contribution is 2.16. The van der Waals surface area contributed by atoms with Crippen LogP contribution in [0.25, 0.3) is 11.4 Å². The number of nitriles is 1. The van der Waals surface area contributed by atoms with Crippen LogP contribution < -0.4 is 5.32 Å². The van der Waals surface area contributed by atoms with Gasteiger partial charge in [0.25, 0.3) is 0 Å². The molecule has 0 atom stereocenters. The van der Waals surface area contributed by atoms with Crippen LogP contribution in [0.5, 0.6) is 0 Å². The van der Waals surface area contributed by atoms with Crippen LogP contribution >= 0.6 is 0 Å². The van der Waals surface area contributed by atoms with E-state index in [4.69, 9.17) is 9.78 Å². The second-order valence-corrected chi connectivity index (χ2v) is 5.06. The van der Waals surface area contributed by atoms with Gasteiger partial charge < -0.3 is 9.84 Å². The van der Waals surface area contributed by atoms with Crippen molar-refractivity contribution in [3.8, 4) is 17.5 Å². The molecule has 6 nitrogen and oxygen atoms in total. The maximum absolute atomic E-state index is 12.9. The highest BCUT2D eigenvalue weighted by atomic mass is 19.1. The van der Waals surface area contributed by atoms with Gasteiger partial charge in [0.2, 0.25) is 11.7 Å². The normalized spacial score (nSPS) is 10.3. The molecule has 120 valence electrons. The standard InChI is InChI=1S/C17H14FN5O/c18-14-7-5-12(6-8-14)17-22-15(24-23-17)4-2-10-21-16-13(11-19)3-1-9-20-16/h1,3,5-9H,2,4,10H2,(H,20,21). The molecule has 2 heterocycles. The van der Waals surface area contributed by atoms with Crippen LogP contribution in [0, 0.1) is 17.1 Å². The number of aromatic nitrogens is 3. The Balaban J connectivity index is 1.53. The zero-order valence-corrected chi connectivity index (χ0v) is 12.7. The number of nitrogens with one attached hydrogen (secondary N) is 1. The Hall–Kier alpha value is -3.27. The zero-order chi connectivity index (χ0) is 16.8. The lowest BCUT2D eigenvalue weighted by Crippen LogP contribution is -2.06. The maximum atomic E-state index is 12.9. The fraction of sp³-hybridized carbons (Fsp3) is 0.176. The Morgan fingerprint density at radius 3 is 2.83 bits per heavy atom. The molecule has 0 saturated heterocycles. The van der Waals surface area contributed by atoms with Gasteiger partial charge in [-0.15, -0.1) is 0 Å². The number of aryl methyl sites for hydroxylation is 1. The molecule has 2 aromatic heterocycles. The van der Waals surface area contributed by atoms with Crippen molar-refractivity contribution in [2.24, 2.45) is 0 Å². The third-order valence-corrected chi connectivity index (χ3v) is 3.36. The first-order valence-corrected chi connectivity index (χ1v) is 7.44. The number of hydrogen-bond donors (Lipinski definition) is 1. The van der Waals surface area contributed by atoms with Gasteiger partial charge in [0, 0.05) is 24.7 Å². The summed E-state index contributed by atoms with van der Waals surface area (Å²) in [5, 5.41) is 16.0. The average Bonchev–Trinajstić information content (AvgIpc) is 3.08. The molecule has 0 aliphatic rings. The van der Waals surface area contributed by atoms with Crippen molar-refractivity contribution in [1.82, 2.24) is 15.1 Å². The van der Waals surface area contributed by atoms with Crippen molar-refractivity contribution < 1.29 is 8.91 Å². The first-order chi connectivity index (χ1) is 11.8. The van der Waals surface area contributed by atoms with Gasteiger partial charge in [0.15, 0.2) is 0 Å². The summed E-state index contributed by atoms with van der Waals surface area (Å²) in [6.45, 7) is 0.625. The van der Waals surface area contributed by atoms with E-state index in [2.05, 4.69) is 26.5 Å². The number of pyridine rings is 1. The fourth-order valence-electron chi connectivity index (χ4n) is 2.16. The molecule has 0 aliphatic carbocycles. The maximum Gasteiger partial charge on any atom is 0.227 e. The molecule has 24 heavy (non-hydrogen) atoms. The van der Waals surface area contributed by atoms with E-state index < -0.39 is 0 Å². The van der Waals surface area contributed by atoms with E-state index in [0.717, 1.165) is 6.42 Å². The highest BCUT2D eigenvalue weighted by Gasteiger charge is 2.09. The molecule has 0 spiro atoms. The molecular weight excluding hydrogens is 309 g/mol. The third kappa shape index (κ3) is 3.73. The van der Waals surface area contributed by atoms with Crippen LogP contribution in [0.15, 0.2) is 47.1 Å². The Kier molecular flexibility index (Phi) is 4.77. The van der Waals surface area contributed by atoms with Crippen LogP contribution in [0.1, 0.15) is 17.9 Å². The van der Waals surface area contributed by atoms with Gasteiger partial charge in [0.05, 0.1) is 5.56 Å². The Morgan fingerprint density at radius 1 is 1.21 bits per heavy atom. The number of rotatable bonds is 6. The van der Waals surface area contributed by atoms with Gasteiger partial charge in [-0.25, -0.2) is 9.37 Å². The topological polar surface area (TPSA) is 87.6 Å². The Bertz CT molecular complexity index is 854. The first kappa shape index (κ1) is 15.6. The van der Waals surface area contributed by atoms with Crippen LogP contribution in [-0.2, 0) is 6.42 Å². The van der Waals surface area contributed by atoms with Gasteiger partial charge in [-0.2, -0.15) is 10.2 Å². The number of halogens is 1. The minimum Gasteiger partial charge on any atom is -0.369 e. The van der Waals surface area contributed by atoms with Crippen molar-refractivity contribution in [2.75, 3.05) is 11.9 Å². The Morgan fingerprint density at radius 2 is 2.04 bits per heavy atom. The van der Waals surface area contributed by atoms with E-state index in [0.29, 0.717) is 41.6 Å². The molecule has 1 aromatic carbocycles. The predicted octanol–water partition coefficient (Wildman–Crippen LogP) is 3.19. The van der Waals surface area contributed by atoms with Gasteiger partial charge in [-0.1, -0.05) is 5.16 Å². The molecule has 0 fully saturated rings. The molecule has 0 unspecified atom stereocenters. The van der Waals surface area contributed by atoms with Crippen LogP contribution in [0.2, 0.25) is 0 Å². The lowest BCUT2D eigenvalue weighted by Gasteiger charge is -2.05. The quantitative estimate of drug-likeness (QED) is 0.701. The summed E-state index contributed by atoms with van der Waals surface area (Å²) < 4.78 is 18.1. The number of anilines is 1. The van der Waals surface area contributed by atoms with Gasteiger partial charge in [-0.3, -0.25) is 0 Å². The van der Waals surface area contributed by atoms with Crippen LogP contribution in [0.3, 0.4) is 0 Å². The SMILES string of the molecule is N#Cc1cccnc1NCCCc1nc(-c2ccc(F)cc2)no1. The van der Waals surface area contributed by atoms with E-state index >= 15 is 0 Å². The van der Waals surface area contributed by atoms with E-state index in [1.165, 1.54) is 12.1 Å². The van der Waals surface area contributed by atoms with E-state index in [1.54, 1.807) is 30.5 Å². The summed E-state index contributed by atoms with van der Waals surface area (Å²) in [4.78, 5) is 8.42. The molecule has 0 bridgehead atoms. The fourth-order valence-corrected chi connectivity index (χ4v) is 2.16. The van der Waals surface area contributed by atoms with Crippen LogP contribution in [-0.4, -0.2) is 21.7 Å². The lowest BCUT2D eigenvalue weighted by molar-refractivity contribution is 0.377. The van der Waals surface area contributed by atoms with Crippen molar-refractivity contribution >= 4 is 5.82 Å². The summed E-state index contributed by atoms with van der Waals surface area (Å²) in [5.41, 5.74) is 1.21. The molecule has 3 aromatic rings. The number of hydrogen-bond acceptors (Lipinski definition) is 6. The van der Waals surface area contributed by atoms with E-state index in [9.17, 15) is 4.39 Å². The van der Waals surface area contributed by atoms with E-state index in [1.807, 2.05) is 0 Å². The zero-order valence-electron chi connectivity index (χ0n) is 12.7. The summed E-state index contributed by atoms with van der Waals surface area (Å²) in [6.07, 6.45) is 2.97. The lowest BCUT2D eigenvalue weighted by atomic mass is 10.2. The average molecular weight is 323 g/mol. The van der Waals surface area contributed by atoms with Crippen molar-refractivity contribution in [2.45, 2.75) is 12.8 Å². The summed E-state index contributed by atoms with van der Waals surface area (Å²) in [5.74, 6) is 1.21. The molecule has 1 N–H and O–H groups in total. The molecular formula is C17H14FN5O. The van der Waals surface area contributed by atoms with Gasteiger partial charge >= 0.3 is 0 Å². The van der Waals surface area contributed by atoms with Gasteiger partial charge in [0.1, 0.15) is 17.7 Å². The molecule has 3 rings (SSSR count). The molecule has 0 radical (unpaired) electrons. The summed E-state index contributed by atoms with van der Waals surface area (Å²) >= 11 is 0. The Labute approximate surface area is 138 Å². The van der Waals surface area contributed by atoms with Crippen LogP contribution in [0.4, 0.5) is 10.2 Å². The monoisotopic (exact) mass is 323 g/mol. The largest absolute Gasteiger partial charge is 0.369 e. The minimum atomic E-state index is -0.306. The second-order valence-electron chi connectivity index (χ2n) is 5.06. The third-order valence-electron chi connectivity index (χ3n) is 3.36. The highest BCUT2D eigenvalue weighted by molar-refractivity contribution is 5.53. The van der Waals surface area contributed by atoms with Crippen molar-refractivity contribution in [3.63, 3.8) is 0 Å².